The molecule has 0 aliphatic rings. The van der Waals surface area contributed by atoms with Crippen molar-refractivity contribution in [1.29, 1.82) is 0 Å². The number of hydrogen-bond donors (Lipinski definition) is 2. The molecule has 18 heavy (non-hydrogen) atoms. The molecule has 1 atom stereocenters. The van der Waals surface area contributed by atoms with Gasteiger partial charge in [0.1, 0.15) is 12.0 Å². The molecule has 0 amide bonds. The number of pyridine rings is 1. The van der Waals surface area contributed by atoms with E-state index in [4.69, 9.17) is 0 Å². The van der Waals surface area contributed by atoms with E-state index in [-0.39, 0.29) is 11.6 Å². The molecule has 2 N–H and O–H groups in total. The summed E-state index contributed by atoms with van der Waals surface area (Å²) in [6.07, 6.45) is 1.22. The van der Waals surface area contributed by atoms with Gasteiger partial charge in [0.25, 0.3) is 5.69 Å². The van der Waals surface area contributed by atoms with Crippen molar-refractivity contribution in [2.75, 3.05) is 11.9 Å². The lowest BCUT2D eigenvalue weighted by atomic mass is 9.92. The highest BCUT2D eigenvalue weighted by atomic mass is 16.6. The second-order valence-electron chi connectivity index (χ2n) is 4.98. The molecule has 6 heteroatoms. The molecule has 0 fully saturated rings. The molecular weight excluding hydrogens is 234 g/mol. The van der Waals surface area contributed by atoms with Crippen LogP contribution in [0, 0.1) is 23.0 Å². The van der Waals surface area contributed by atoms with Crippen LogP contribution in [0.5, 0.6) is 0 Å². The standard InChI is InChI=1S/C12H19N3O3/c1-8(2)12(4,16)7-14-11-5-9(3)10(6-13-11)15(17)18/h5-6,8,16H,7H2,1-4H3,(H,13,14). The summed E-state index contributed by atoms with van der Waals surface area (Å²) in [6.45, 7) is 7.59. The first-order valence-corrected chi connectivity index (χ1v) is 5.81. The van der Waals surface area contributed by atoms with E-state index in [2.05, 4.69) is 10.3 Å². The fraction of sp³-hybridized carbons (Fsp3) is 0.583. The van der Waals surface area contributed by atoms with Crippen molar-refractivity contribution in [1.82, 2.24) is 4.98 Å². The fourth-order valence-corrected chi connectivity index (χ4v) is 1.31. The van der Waals surface area contributed by atoms with E-state index in [1.165, 1.54) is 6.20 Å². The average molecular weight is 253 g/mol. The molecule has 1 unspecified atom stereocenters. The Kier molecular flexibility index (Phi) is 4.24. The summed E-state index contributed by atoms with van der Waals surface area (Å²) in [6, 6.07) is 1.61. The molecule has 0 spiro atoms. The summed E-state index contributed by atoms with van der Waals surface area (Å²) in [5, 5.41) is 23.7. The van der Waals surface area contributed by atoms with Gasteiger partial charge < -0.3 is 10.4 Å². The Bertz CT molecular complexity index is 444. The van der Waals surface area contributed by atoms with Gasteiger partial charge in [0, 0.05) is 12.1 Å². The van der Waals surface area contributed by atoms with Gasteiger partial charge in [0.15, 0.2) is 0 Å². The molecule has 0 bridgehead atoms. The second-order valence-corrected chi connectivity index (χ2v) is 4.98. The molecule has 1 aromatic rings. The molecule has 6 nitrogen and oxygen atoms in total. The first kappa shape index (κ1) is 14.4. The third kappa shape index (κ3) is 3.40. The van der Waals surface area contributed by atoms with E-state index >= 15 is 0 Å². The van der Waals surface area contributed by atoms with Crippen LogP contribution in [0.2, 0.25) is 0 Å². The van der Waals surface area contributed by atoms with Crippen LogP contribution in [0.4, 0.5) is 11.5 Å². The number of nitro groups is 1. The van der Waals surface area contributed by atoms with Gasteiger partial charge in [0.2, 0.25) is 0 Å². The zero-order valence-corrected chi connectivity index (χ0v) is 11.1. The van der Waals surface area contributed by atoms with Crippen molar-refractivity contribution in [2.45, 2.75) is 33.3 Å². The number of anilines is 1. The van der Waals surface area contributed by atoms with Crippen molar-refractivity contribution < 1.29 is 10.0 Å². The van der Waals surface area contributed by atoms with Gasteiger partial charge in [-0.1, -0.05) is 13.8 Å². The number of aliphatic hydroxyl groups is 1. The van der Waals surface area contributed by atoms with Gasteiger partial charge in [-0.15, -0.1) is 0 Å². The van der Waals surface area contributed by atoms with E-state index in [0.29, 0.717) is 17.9 Å². The summed E-state index contributed by atoms with van der Waals surface area (Å²) in [7, 11) is 0. The molecule has 0 saturated carbocycles. The van der Waals surface area contributed by atoms with Gasteiger partial charge in [-0.2, -0.15) is 0 Å². The van der Waals surface area contributed by atoms with Gasteiger partial charge >= 0.3 is 0 Å². The van der Waals surface area contributed by atoms with Gasteiger partial charge in [-0.25, -0.2) is 4.98 Å². The summed E-state index contributed by atoms with van der Waals surface area (Å²) in [4.78, 5) is 14.1. The molecule has 0 saturated heterocycles. The summed E-state index contributed by atoms with van der Waals surface area (Å²) in [5.74, 6) is 0.628. The first-order chi connectivity index (χ1) is 8.24. The van der Waals surface area contributed by atoms with E-state index in [9.17, 15) is 15.2 Å². The summed E-state index contributed by atoms with van der Waals surface area (Å²) in [5.41, 5.74) is -0.310. The first-order valence-electron chi connectivity index (χ1n) is 5.81. The van der Waals surface area contributed by atoms with Crippen molar-refractivity contribution in [3.05, 3.63) is 27.9 Å². The molecule has 0 aliphatic carbocycles. The van der Waals surface area contributed by atoms with Crippen LogP contribution in [-0.4, -0.2) is 27.2 Å². The molecule has 100 valence electrons. The fourth-order valence-electron chi connectivity index (χ4n) is 1.31. The zero-order chi connectivity index (χ0) is 13.9. The lowest BCUT2D eigenvalue weighted by Crippen LogP contribution is -2.38. The van der Waals surface area contributed by atoms with Crippen LogP contribution < -0.4 is 5.32 Å². The van der Waals surface area contributed by atoms with Crippen molar-refractivity contribution in [3.63, 3.8) is 0 Å². The van der Waals surface area contributed by atoms with Crippen molar-refractivity contribution in [2.24, 2.45) is 5.92 Å². The molecule has 0 aromatic carbocycles. The number of aryl methyl sites for hydroxylation is 1. The number of hydrogen-bond acceptors (Lipinski definition) is 5. The van der Waals surface area contributed by atoms with Crippen molar-refractivity contribution in [3.8, 4) is 0 Å². The molecule has 1 rings (SSSR count). The number of nitrogens with one attached hydrogen (secondary N) is 1. The highest BCUT2D eigenvalue weighted by molar-refractivity contribution is 5.46. The van der Waals surface area contributed by atoms with Crippen molar-refractivity contribution >= 4 is 11.5 Å². The SMILES string of the molecule is Cc1cc(NCC(C)(O)C(C)C)ncc1[N+](=O)[O-]. The van der Waals surface area contributed by atoms with Gasteiger partial charge in [-0.05, 0) is 25.8 Å². The number of nitrogens with zero attached hydrogens (tertiary/aromatic N) is 2. The zero-order valence-electron chi connectivity index (χ0n) is 11.1. The van der Waals surface area contributed by atoms with E-state index in [0.717, 1.165) is 0 Å². The Morgan fingerprint density at radius 3 is 2.67 bits per heavy atom. The predicted molar refractivity (Wildman–Crippen MR) is 69.6 cm³/mol. The minimum Gasteiger partial charge on any atom is -0.388 e. The van der Waals surface area contributed by atoms with Gasteiger partial charge in [0.05, 0.1) is 10.5 Å². The Labute approximate surface area is 106 Å². The Balaban J connectivity index is 2.76. The minimum atomic E-state index is -0.850. The third-order valence-electron chi connectivity index (χ3n) is 3.15. The summed E-state index contributed by atoms with van der Waals surface area (Å²) < 4.78 is 0. The predicted octanol–water partition coefficient (Wildman–Crippen LogP) is 2.12. The lowest BCUT2D eigenvalue weighted by molar-refractivity contribution is -0.385. The maximum absolute atomic E-state index is 10.6. The Hall–Kier alpha value is -1.69. The van der Waals surface area contributed by atoms with E-state index < -0.39 is 10.5 Å². The number of aromatic nitrogens is 1. The monoisotopic (exact) mass is 253 g/mol. The molecule has 1 aromatic heterocycles. The third-order valence-corrected chi connectivity index (χ3v) is 3.15. The Morgan fingerprint density at radius 1 is 1.61 bits per heavy atom. The summed E-state index contributed by atoms with van der Waals surface area (Å²) >= 11 is 0. The highest BCUT2D eigenvalue weighted by Gasteiger charge is 2.24. The highest BCUT2D eigenvalue weighted by Crippen LogP contribution is 2.20. The smallest absolute Gasteiger partial charge is 0.290 e. The molecule has 1 heterocycles. The van der Waals surface area contributed by atoms with Crippen LogP contribution in [0.25, 0.3) is 0 Å². The topological polar surface area (TPSA) is 88.3 Å². The maximum atomic E-state index is 10.6. The maximum Gasteiger partial charge on any atom is 0.290 e. The van der Waals surface area contributed by atoms with E-state index in [1.807, 2.05) is 13.8 Å². The molecule has 0 aliphatic heterocycles. The second kappa shape index (κ2) is 5.30. The minimum absolute atomic E-state index is 0.00355. The molecule has 0 radical (unpaired) electrons. The van der Waals surface area contributed by atoms with Crippen LogP contribution in [-0.2, 0) is 0 Å². The lowest BCUT2D eigenvalue weighted by Gasteiger charge is -2.28. The van der Waals surface area contributed by atoms with Crippen LogP contribution in [0.15, 0.2) is 12.3 Å². The van der Waals surface area contributed by atoms with Gasteiger partial charge in [-0.3, -0.25) is 10.1 Å². The van der Waals surface area contributed by atoms with E-state index in [1.54, 1.807) is 19.9 Å². The van der Waals surface area contributed by atoms with Crippen LogP contribution in [0.1, 0.15) is 26.3 Å². The quantitative estimate of drug-likeness (QED) is 0.619. The average Bonchev–Trinajstić information content (AvgIpc) is 2.25. The van der Waals surface area contributed by atoms with Crippen LogP contribution >= 0.6 is 0 Å². The Morgan fingerprint density at radius 2 is 2.22 bits per heavy atom. The largest absolute Gasteiger partial charge is 0.388 e. The number of rotatable bonds is 5. The normalized spacial score (nSPS) is 14.3. The van der Waals surface area contributed by atoms with Crippen LogP contribution in [0.3, 0.4) is 0 Å². The molecular formula is C12H19N3O3.